The molecule has 0 saturated carbocycles. The molecule has 0 aliphatic carbocycles. The quantitative estimate of drug-likeness (QED) is 0.696. The van der Waals surface area contributed by atoms with Crippen LogP contribution in [-0.4, -0.2) is 68.2 Å². The SMILES string of the molecule is CC(C)C(CN)C(=O)N(CCC#N)CCN1CCOCC1. The Kier molecular flexibility index (Phi) is 8.28. The lowest BCUT2D eigenvalue weighted by Gasteiger charge is -2.32. The molecule has 6 heteroatoms. The van der Waals surface area contributed by atoms with E-state index < -0.39 is 0 Å². The number of carbonyl (C=O) groups is 1. The number of nitriles is 1. The molecule has 0 radical (unpaired) electrons. The number of ether oxygens (including phenoxy) is 1. The Balaban J connectivity index is 2.56. The topological polar surface area (TPSA) is 82.6 Å². The molecule has 1 rings (SSSR count). The second-order valence-corrected chi connectivity index (χ2v) is 5.77. The molecule has 2 N–H and O–H groups in total. The summed E-state index contributed by atoms with van der Waals surface area (Å²) < 4.78 is 5.32. The highest BCUT2D eigenvalue weighted by molar-refractivity contribution is 5.79. The second kappa shape index (κ2) is 9.72. The molecule has 1 heterocycles. The van der Waals surface area contributed by atoms with Gasteiger partial charge in [0.15, 0.2) is 0 Å². The number of hydrogen-bond acceptors (Lipinski definition) is 5. The summed E-state index contributed by atoms with van der Waals surface area (Å²) in [5, 5.41) is 8.78. The first-order valence-electron chi connectivity index (χ1n) is 7.76. The van der Waals surface area contributed by atoms with Crippen LogP contribution in [0.4, 0.5) is 0 Å². The Morgan fingerprint density at radius 2 is 2.05 bits per heavy atom. The fraction of sp³-hybridized carbons (Fsp3) is 0.867. The molecule has 0 aromatic heterocycles. The number of nitrogens with two attached hydrogens (primary N) is 1. The molecule has 1 atom stereocenters. The van der Waals surface area contributed by atoms with Crippen LogP contribution in [0.2, 0.25) is 0 Å². The predicted octanol–water partition coefficient (Wildman–Crippen LogP) is 0.292. The van der Waals surface area contributed by atoms with E-state index in [0.717, 1.165) is 32.8 Å². The van der Waals surface area contributed by atoms with Gasteiger partial charge in [-0.2, -0.15) is 5.26 Å². The second-order valence-electron chi connectivity index (χ2n) is 5.77. The van der Waals surface area contributed by atoms with Gasteiger partial charge in [-0.05, 0) is 5.92 Å². The summed E-state index contributed by atoms with van der Waals surface area (Å²) in [4.78, 5) is 16.7. The Labute approximate surface area is 127 Å². The van der Waals surface area contributed by atoms with Crippen molar-refractivity contribution in [1.82, 2.24) is 9.80 Å². The van der Waals surface area contributed by atoms with Crippen LogP contribution in [-0.2, 0) is 9.53 Å². The fourth-order valence-electron chi connectivity index (χ4n) is 2.50. The third-order valence-corrected chi connectivity index (χ3v) is 3.97. The van der Waals surface area contributed by atoms with E-state index in [-0.39, 0.29) is 17.7 Å². The van der Waals surface area contributed by atoms with Crippen molar-refractivity contribution in [2.75, 3.05) is 52.5 Å². The van der Waals surface area contributed by atoms with Gasteiger partial charge in [-0.25, -0.2) is 0 Å². The third kappa shape index (κ3) is 6.00. The lowest BCUT2D eigenvalue weighted by atomic mass is 9.94. The van der Waals surface area contributed by atoms with E-state index >= 15 is 0 Å². The van der Waals surface area contributed by atoms with Gasteiger partial charge in [0.2, 0.25) is 5.91 Å². The minimum Gasteiger partial charge on any atom is -0.379 e. The molecule has 1 aliphatic rings. The molecule has 0 aromatic carbocycles. The minimum absolute atomic E-state index is 0.0796. The van der Waals surface area contributed by atoms with Crippen molar-refractivity contribution in [3.63, 3.8) is 0 Å². The van der Waals surface area contributed by atoms with Gasteiger partial charge in [-0.15, -0.1) is 0 Å². The standard InChI is InChI=1S/C15H28N4O2/c1-13(2)14(12-17)15(20)19(5-3-4-16)7-6-18-8-10-21-11-9-18/h13-14H,3,5-12,17H2,1-2H3. The van der Waals surface area contributed by atoms with Crippen molar-refractivity contribution < 1.29 is 9.53 Å². The van der Waals surface area contributed by atoms with Crippen LogP contribution in [0.15, 0.2) is 0 Å². The maximum Gasteiger partial charge on any atom is 0.227 e. The number of hydrogen-bond donors (Lipinski definition) is 1. The average Bonchev–Trinajstić information content (AvgIpc) is 2.48. The molecule has 0 bridgehead atoms. The van der Waals surface area contributed by atoms with Crippen molar-refractivity contribution in [2.24, 2.45) is 17.6 Å². The van der Waals surface area contributed by atoms with Crippen molar-refractivity contribution in [2.45, 2.75) is 20.3 Å². The summed E-state index contributed by atoms with van der Waals surface area (Å²) in [7, 11) is 0. The molecule has 0 aromatic rings. The van der Waals surface area contributed by atoms with Crippen LogP contribution in [0.25, 0.3) is 0 Å². The van der Waals surface area contributed by atoms with E-state index in [1.807, 2.05) is 13.8 Å². The summed E-state index contributed by atoms with van der Waals surface area (Å²) in [6.07, 6.45) is 0.365. The third-order valence-electron chi connectivity index (χ3n) is 3.97. The van der Waals surface area contributed by atoms with Gasteiger partial charge in [0, 0.05) is 39.3 Å². The Hall–Kier alpha value is -1.16. The molecule has 1 aliphatic heterocycles. The lowest BCUT2D eigenvalue weighted by molar-refractivity contribution is -0.136. The van der Waals surface area contributed by atoms with E-state index in [0.29, 0.717) is 26.1 Å². The zero-order chi connectivity index (χ0) is 15.7. The molecule has 120 valence electrons. The number of carbonyl (C=O) groups excluding carboxylic acids is 1. The number of morpholine rings is 1. The zero-order valence-corrected chi connectivity index (χ0v) is 13.3. The first-order chi connectivity index (χ1) is 10.1. The van der Waals surface area contributed by atoms with Crippen LogP contribution >= 0.6 is 0 Å². The van der Waals surface area contributed by atoms with Gasteiger partial charge in [0.25, 0.3) is 0 Å². The van der Waals surface area contributed by atoms with Crippen molar-refractivity contribution in [3.05, 3.63) is 0 Å². The molecule has 6 nitrogen and oxygen atoms in total. The van der Waals surface area contributed by atoms with Crippen LogP contribution < -0.4 is 5.73 Å². The normalized spacial score (nSPS) is 17.5. The average molecular weight is 296 g/mol. The maximum absolute atomic E-state index is 12.6. The Morgan fingerprint density at radius 1 is 1.38 bits per heavy atom. The first-order valence-corrected chi connectivity index (χ1v) is 7.76. The van der Waals surface area contributed by atoms with E-state index in [2.05, 4.69) is 11.0 Å². The predicted molar refractivity (Wildman–Crippen MR) is 81.5 cm³/mol. The molecular weight excluding hydrogens is 268 g/mol. The lowest BCUT2D eigenvalue weighted by Crippen LogP contribution is -2.46. The maximum atomic E-state index is 12.6. The van der Waals surface area contributed by atoms with E-state index in [1.165, 1.54) is 0 Å². The van der Waals surface area contributed by atoms with Crippen LogP contribution in [0.1, 0.15) is 20.3 Å². The van der Waals surface area contributed by atoms with Crippen LogP contribution in [0.5, 0.6) is 0 Å². The van der Waals surface area contributed by atoms with Crippen LogP contribution in [0, 0.1) is 23.2 Å². The number of rotatable bonds is 8. The fourth-order valence-corrected chi connectivity index (χ4v) is 2.50. The van der Waals surface area contributed by atoms with Gasteiger partial charge in [0.1, 0.15) is 0 Å². The van der Waals surface area contributed by atoms with Gasteiger partial charge < -0.3 is 15.4 Å². The smallest absolute Gasteiger partial charge is 0.227 e. The van der Waals surface area contributed by atoms with E-state index in [4.69, 9.17) is 15.7 Å². The number of amides is 1. The minimum atomic E-state index is -0.159. The zero-order valence-electron chi connectivity index (χ0n) is 13.3. The summed E-state index contributed by atoms with van der Waals surface area (Å²) in [5.74, 6) is 0.139. The summed E-state index contributed by atoms with van der Waals surface area (Å²) in [5.41, 5.74) is 5.74. The number of nitrogens with zero attached hydrogens (tertiary/aromatic N) is 3. The van der Waals surface area contributed by atoms with Crippen molar-refractivity contribution >= 4 is 5.91 Å². The van der Waals surface area contributed by atoms with Crippen LogP contribution in [0.3, 0.4) is 0 Å². The molecular formula is C15H28N4O2. The van der Waals surface area contributed by atoms with E-state index in [9.17, 15) is 4.79 Å². The molecule has 1 saturated heterocycles. The Bertz CT molecular complexity index is 348. The monoisotopic (exact) mass is 296 g/mol. The summed E-state index contributed by atoms with van der Waals surface area (Å²) >= 11 is 0. The highest BCUT2D eigenvalue weighted by Crippen LogP contribution is 2.13. The van der Waals surface area contributed by atoms with Gasteiger partial charge in [0.05, 0.1) is 31.6 Å². The molecule has 1 fully saturated rings. The molecule has 21 heavy (non-hydrogen) atoms. The largest absolute Gasteiger partial charge is 0.379 e. The van der Waals surface area contributed by atoms with Gasteiger partial charge >= 0.3 is 0 Å². The van der Waals surface area contributed by atoms with Crippen molar-refractivity contribution in [1.29, 1.82) is 5.26 Å². The van der Waals surface area contributed by atoms with E-state index in [1.54, 1.807) is 4.90 Å². The Morgan fingerprint density at radius 3 is 2.57 bits per heavy atom. The molecule has 0 spiro atoms. The summed E-state index contributed by atoms with van der Waals surface area (Å²) in [6.45, 7) is 9.68. The summed E-state index contributed by atoms with van der Waals surface area (Å²) in [6, 6.07) is 2.12. The first kappa shape index (κ1) is 17.9. The highest BCUT2D eigenvalue weighted by Gasteiger charge is 2.26. The highest BCUT2D eigenvalue weighted by atomic mass is 16.5. The molecule has 1 unspecified atom stereocenters. The van der Waals surface area contributed by atoms with Gasteiger partial charge in [-0.3, -0.25) is 9.69 Å². The van der Waals surface area contributed by atoms with Gasteiger partial charge in [-0.1, -0.05) is 13.8 Å². The molecule has 1 amide bonds. The van der Waals surface area contributed by atoms with Crippen molar-refractivity contribution in [3.8, 4) is 6.07 Å².